The molecule has 0 unspecified atom stereocenters. The van der Waals surface area contributed by atoms with Crippen molar-refractivity contribution in [1.29, 1.82) is 0 Å². The summed E-state index contributed by atoms with van der Waals surface area (Å²) in [6.07, 6.45) is 9.95. The topological polar surface area (TPSA) is 0 Å². The SMILES string of the molecule is C#CC#C[Si](C)(C)C#CC#C. The van der Waals surface area contributed by atoms with E-state index in [1.807, 2.05) is 13.1 Å². The predicted octanol–water partition coefficient (Wildman–Crippen LogP) is 1.05. The summed E-state index contributed by atoms with van der Waals surface area (Å²) in [5.74, 6) is 9.64. The normalized spacial score (nSPS) is 7.27. The molecule has 0 aliphatic carbocycles. The number of hydrogen-bond donors (Lipinski definition) is 0. The third kappa shape index (κ3) is 4.93. The average molecular weight is 156 g/mol. The van der Waals surface area contributed by atoms with E-state index in [1.165, 1.54) is 0 Å². The molecule has 11 heavy (non-hydrogen) atoms. The van der Waals surface area contributed by atoms with Crippen LogP contribution in [0.15, 0.2) is 0 Å². The zero-order chi connectivity index (χ0) is 8.74. The Morgan fingerprint density at radius 3 is 1.55 bits per heavy atom. The highest BCUT2D eigenvalue weighted by atomic mass is 28.3. The summed E-state index contributed by atoms with van der Waals surface area (Å²) in [6, 6.07) is 0. The van der Waals surface area contributed by atoms with Crippen LogP contribution in [0.3, 0.4) is 0 Å². The van der Waals surface area contributed by atoms with Gasteiger partial charge in [-0.05, 0) is 36.8 Å². The Bertz CT molecular complexity index is 292. The third-order valence-corrected chi connectivity index (χ3v) is 2.39. The van der Waals surface area contributed by atoms with E-state index in [1.54, 1.807) is 0 Å². The fourth-order valence-electron chi connectivity index (χ4n) is 0.416. The lowest BCUT2D eigenvalue weighted by atomic mass is 10.7. The lowest BCUT2D eigenvalue weighted by Gasteiger charge is -2.00. The Hall–Kier alpha value is -1.54. The van der Waals surface area contributed by atoms with Gasteiger partial charge in [0.1, 0.15) is 0 Å². The van der Waals surface area contributed by atoms with Gasteiger partial charge in [-0.15, -0.1) is 23.9 Å². The van der Waals surface area contributed by atoms with Crippen molar-refractivity contribution >= 4 is 8.07 Å². The molecule has 0 aliphatic rings. The maximum Gasteiger partial charge on any atom is 0.213 e. The molecule has 0 rings (SSSR count). The molecule has 0 atom stereocenters. The van der Waals surface area contributed by atoms with Crippen LogP contribution in [-0.2, 0) is 0 Å². The second-order valence-corrected chi connectivity index (χ2v) is 6.16. The van der Waals surface area contributed by atoms with Gasteiger partial charge in [0.05, 0.1) is 0 Å². The fourth-order valence-corrected chi connectivity index (χ4v) is 1.25. The smallest absolute Gasteiger partial charge is 0.106 e. The first-order chi connectivity index (χ1) is 5.12. The Morgan fingerprint density at radius 1 is 0.909 bits per heavy atom. The van der Waals surface area contributed by atoms with Crippen molar-refractivity contribution in [3.05, 3.63) is 0 Å². The lowest BCUT2D eigenvalue weighted by molar-refractivity contribution is 1.94. The molecule has 0 saturated heterocycles. The molecule has 0 aromatic carbocycles. The van der Waals surface area contributed by atoms with Crippen LogP contribution in [0.4, 0.5) is 0 Å². The summed E-state index contributed by atoms with van der Waals surface area (Å²) in [5.41, 5.74) is 5.85. The van der Waals surface area contributed by atoms with Gasteiger partial charge in [-0.3, -0.25) is 0 Å². The van der Waals surface area contributed by atoms with Gasteiger partial charge in [-0.25, -0.2) is 0 Å². The maximum atomic E-state index is 4.97. The second-order valence-electron chi connectivity index (χ2n) is 2.41. The zero-order valence-electron chi connectivity index (χ0n) is 6.65. The molecule has 52 valence electrons. The Balaban J connectivity index is 4.53. The van der Waals surface area contributed by atoms with Crippen LogP contribution in [0.2, 0.25) is 13.1 Å². The minimum atomic E-state index is -1.75. The molecule has 0 heterocycles. The zero-order valence-corrected chi connectivity index (χ0v) is 7.65. The first-order valence-corrected chi connectivity index (χ1v) is 6.08. The first kappa shape index (κ1) is 9.46. The summed E-state index contributed by atoms with van der Waals surface area (Å²) in [5, 5.41) is 0. The summed E-state index contributed by atoms with van der Waals surface area (Å²) in [6.45, 7) is 4.00. The van der Waals surface area contributed by atoms with Crippen LogP contribution in [0.5, 0.6) is 0 Å². The van der Waals surface area contributed by atoms with Crippen molar-refractivity contribution in [1.82, 2.24) is 0 Å². The molecule has 0 aromatic rings. The van der Waals surface area contributed by atoms with Gasteiger partial charge in [0, 0.05) is 0 Å². The van der Waals surface area contributed by atoms with E-state index in [0.717, 1.165) is 0 Å². The van der Waals surface area contributed by atoms with Crippen LogP contribution >= 0.6 is 0 Å². The Morgan fingerprint density at radius 2 is 1.27 bits per heavy atom. The molecule has 1 heteroatoms. The highest BCUT2D eigenvalue weighted by molar-refractivity contribution is 6.92. The first-order valence-electron chi connectivity index (χ1n) is 3.08. The van der Waals surface area contributed by atoms with E-state index in [2.05, 4.69) is 34.8 Å². The van der Waals surface area contributed by atoms with Crippen molar-refractivity contribution in [2.24, 2.45) is 0 Å². The number of hydrogen-bond acceptors (Lipinski definition) is 0. The van der Waals surface area contributed by atoms with E-state index in [4.69, 9.17) is 12.8 Å². The quantitative estimate of drug-likeness (QED) is 0.363. The molecule has 0 bridgehead atoms. The molecule has 0 spiro atoms. The molecule has 0 radical (unpaired) electrons. The monoisotopic (exact) mass is 156 g/mol. The fraction of sp³-hybridized carbons (Fsp3) is 0.200. The van der Waals surface area contributed by atoms with E-state index in [9.17, 15) is 0 Å². The summed E-state index contributed by atoms with van der Waals surface area (Å²) in [4.78, 5) is 0. The third-order valence-electron chi connectivity index (χ3n) is 0.894. The molecular formula is C10H8Si. The van der Waals surface area contributed by atoms with E-state index in [-0.39, 0.29) is 0 Å². The van der Waals surface area contributed by atoms with Crippen LogP contribution in [0.1, 0.15) is 0 Å². The molecule has 0 saturated carbocycles. The molecule has 0 N–H and O–H groups in total. The molecule has 0 nitrogen and oxygen atoms in total. The second kappa shape index (κ2) is 4.30. The molecule has 0 amide bonds. The van der Waals surface area contributed by atoms with Crippen molar-refractivity contribution in [2.75, 3.05) is 0 Å². The van der Waals surface area contributed by atoms with Crippen LogP contribution < -0.4 is 0 Å². The largest absolute Gasteiger partial charge is 0.213 e. The highest BCUT2D eigenvalue weighted by Crippen LogP contribution is 1.95. The Kier molecular flexibility index (Phi) is 3.70. The van der Waals surface area contributed by atoms with Crippen LogP contribution in [-0.4, -0.2) is 8.07 Å². The van der Waals surface area contributed by atoms with Gasteiger partial charge in [0.25, 0.3) is 0 Å². The molecule has 0 fully saturated rings. The van der Waals surface area contributed by atoms with Crippen molar-refractivity contribution in [3.8, 4) is 47.6 Å². The minimum absolute atomic E-state index is 1.75. The molecule has 0 aromatic heterocycles. The lowest BCUT2D eigenvalue weighted by Crippen LogP contribution is -2.20. The Labute approximate surface area is 69.4 Å². The van der Waals surface area contributed by atoms with Gasteiger partial charge in [0.15, 0.2) is 0 Å². The van der Waals surface area contributed by atoms with Crippen LogP contribution in [0, 0.1) is 47.6 Å². The van der Waals surface area contributed by atoms with Gasteiger partial charge in [0.2, 0.25) is 8.07 Å². The van der Waals surface area contributed by atoms with Gasteiger partial charge in [-0.2, -0.15) is 0 Å². The standard InChI is InChI=1S/C10H8Si/c1-5-7-9-11(3,4)10-8-6-2/h1-2H,3-4H3. The summed E-state index contributed by atoms with van der Waals surface area (Å²) >= 11 is 0. The predicted molar refractivity (Wildman–Crippen MR) is 50.7 cm³/mol. The number of terminal acetylenes is 2. The van der Waals surface area contributed by atoms with E-state index < -0.39 is 8.07 Å². The summed E-state index contributed by atoms with van der Waals surface area (Å²) < 4.78 is 0. The molecule has 0 aliphatic heterocycles. The van der Waals surface area contributed by atoms with Gasteiger partial charge >= 0.3 is 0 Å². The van der Waals surface area contributed by atoms with Gasteiger partial charge in [-0.1, -0.05) is 0 Å². The average Bonchev–Trinajstić information content (AvgIpc) is 1.97. The van der Waals surface area contributed by atoms with E-state index >= 15 is 0 Å². The van der Waals surface area contributed by atoms with Crippen molar-refractivity contribution in [3.63, 3.8) is 0 Å². The maximum absolute atomic E-state index is 4.97. The van der Waals surface area contributed by atoms with Gasteiger partial charge < -0.3 is 0 Å². The highest BCUT2D eigenvalue weighted by Gasteiger charge is 2.13. The van der Waals surface area contributed by atoms with Crippen LogP contribution in [0.25, 0.3) is 0 Å². The van der Waals surface area contributed by atoms with Crippen molar-refractivity contribution < 1.29 is 0 Å². The van der Waals surface area contributed by atoms with E-state index in [0.29, 0.717) is 0 Å². The number of rotatable bonds is 0. The molecular weight excluding hydrogens is 148 g/mol. The van der Waals surface area contributed by atoms with Crippen molar-refractivity contribution in [2.45, 2.75) is 13.1 Å². The minimum Gasteiger partial charge on any atom is -0.106 e. The summed E-state index contributed by atoms with van der Waals surface area (Å²) in [7, 11) is -1.75.